The Labute approximate surface area is 105 Å². The third-order valence-corrected chi connectivity index (χ3v) is 2.78. The minimum Gasteiger partial charge on any atom is -0.295 e. The second-order valence-corrected chi connectivity index (χ2v) is 4.35. The Morgan fingerprint density at radius 3 is 2.65 bits per heavy atom. The minimum atomic E-state index is 0.241. The van der Waals surface area contributed by atoms with Crippen molar-refractivity contribution >= 4 is 5.78 Å². The Hall–Kier alpha value is -1.37. The molecular formula is C16H22O. The minimum absolute atomic E-state index is 0.241. The average molecular weight is 230 g/mol. The molecule has 0 N–H and O–H groups in total. The summed E-state index contributed by atoms with van der Waals surface area (Å²) in [6, 6.07) is 10.2. The Morgan fingerprint density at radius 2 is 1.94 bits per heavy atom. The average Bonchev–Trinajstić information content (AvgIpc) is 2.37. The lowest BCUT2D eigenvalue weighted by Crippen LogP contribution is -1.95. The van der Waals surface area contributed by atoms with Crippen molar-refractivity contribution in [2.75, 3.05) is 0 Å². The number of hydrogen-bond acceptors (Lipinski definition) is 1. The van der Waals surface area contributed by atoms with Gasteiger partial charge in [-0.2, -0.15) is 0 Å². The van der Waals surface area contributed by atoms with Gasteiger partial charge in [0, 0.05) is 6.42 Å². The van der Waals surface area contributed by atoms with Gasteiger partial charge in [-0.25, -0.2) is 0 Å². The van der Waals surface area contributed by atoms with Crippen molar-refractivity contribution in [1.82, 2.24) is 0 Å². The van der Waals surface area contributed by atoms with E-state index in [2.05, 4.69) is 19.1 Å². The standard InChI is InChI=1S/C16H22O/c1-2-3-4-5-9-12-16(17)14-13-15-10-7-6-8-11-15/h6-12H,2-5,13-14H2,1H3. The second-order valence-electron chi connectivity index (χ2n) is 4.35. The van der Waals surface area contributed by atoms with Crippen molar-refractivity contribution in [3.8, 4) is 0 Å². The first kappa shape index (κ1) is 13.7. The molecule has 1 aromatic rings. The lowest BCUT2D eigenvalue weighted by Gasteiger charge is -1.97. The first-order valence-electron chi connectivity index (χ1n) is 6.56. The lowest BCUT2D eigenvalue weighted by atomic mass is 10.1. The van der Waals surface area contributed by atoms with Gasteiger partial charge in [0.1, 0.15) is 0 Å². The van der Waals surface area contributed by atoms with Crippen molar-refractivity contribution in [3.63, 3.8) is 0 Å². The first-order valence-corrected chi connectivity index (χ1v) is 6.56. The van der Waals surface area contributed by atoms with Gasteiger partial charge in [0.25, 0.3) is 0 Å². The van der Waals surface area contributed by atoms with Crippen molar-refractivity contribution in [3.05, 3.63) is 48.0 Å². The van der Waals surface area contributed by atoms with E-state index in [1.807, 2.05) is 24.3 Å². The number of aryl methyl sites for hydroxylation is 1. The zero-order valence-electron chi connectivity index (χ0n) is 10.7. The van der Waals surface area contributed by atoms with Crippen LogP contribution in [0, 0.1) is 0 Å². The monoisotopic (exact) mass is 230 g/mol. The van der Waals surface area contributed by atoms with E-state index >= 15 is 0 Å². The summed E-state index contributed by atoms with van der Waals surface area (Å²) in [5.41, 5.74) is 1.24. The molecule has 0 spiro atoms. The van der Waals surface area contributed by atoms with Crippen LogP contribution in [-0.2, 0) is 11.2 Å². The largest absolute Gasteiger partial charge is 0.295 e. The summed E-state index contributed by atoms with van der Waals surface area (Å²) in [6.07, 6.45) is 9.94. The zero-order valence-corrected chi connectivity index (χ0v) is 10.7. The van der Waals surface area contributed by atoms with Crippen LogP contribution < -0.4 is 0 Å². The molecule has 0 heterocycles. The molecule has 0 saturated heterocycles. The van der Waals surface area contributed by atoms with Gasteiger partial charge in [-0.05, 0) is 30.9 Å². The molecule has 0 fully saturated rings. The highest BCUT2D eigenvalue weighted by atomic mass is 16.1. The molecule has 1 aromatic carbocycles. The summed E-state index contributed by atoms with van der Waals surface area (Å²) >= 11 is 0. The Balaban J connectivity index is 2.17. The number of allylic oxidation sites excluding steroid dienone is 2. The Bertz CT molecular complexity index is 338. The summed E-state index contributed by atoms with van der Waals surface area (Å²) in [5.74, 6) is 0.241. The normalized spacial score (nSPS) is 10.9. The van der Waals surface area contributed by atoms with Gasteiger partial charge in [-0.1, -0.05) is 56.2 Å². The molecule has 0 aliphatic heterocycles. The predicted molar refractivity (Wildman–Crippen MR) is 73.1 cm³/mol. The molecule has 0 aromatic heterocycles. The van der Waals surface area contributed by atoms with E-state index in [1.54, 1.807) is 6.08 Å². The number of benzene rings is 1. The molecule has 0 aliphatic rings. The molecule has 0 amide bonds. The molecule has 1 nitrogen and oxygen atoms in total. The fraction of sp³-hybridized carbons (Fsp3) is 0.438. The van der Waals surface area contributed by atoms with Crippen LogP contribution in [0.2, 0.25) is 0 Å². The fourth-order valence-electron chi connectivity index (χ4n) is 1.72. The van der Waals surface area contributed by atoms with E-state index in [0.717, 1.165) is 12.8 Å². The molecule has 0 unspecified atom stereocenters. The molecule has 0 radical (unpaired) electrons. The predicted octanol–water partition coefficient (Wildman–Crippen LogP) is 4.32. The number of hydrogen-bond donors (Lipinski definition) is 0. The van der Waals surface area contributed by atoms with E-state index in [-0.39, 0.29) is 5.78 Å². The van der Waals surface area contributed by atoms with Crippen LogP contribution in [0.25, 0.3) is 0 Å². The van der Waals surface area contributed by atoms with Crippen LogP contribution in [0.15, 0.2) is 42.5 Å². The summed E-state index contributed by atoms with van der Waals surface area (Å²) in [6.45, 7) is 2.19. The lowest BCUT2D eigenvalue weighted by molar-refractivity contribution is -0.114. The van der Waals surface area contributed by atoms with E-state index in [0.29, 0.717) is 6.42 Å². The number of ketones is 1. The SMILES string of the molecule is CCCCCC=CC(=O)CCc1ccccc1. The van der Waals surface area contributed by atoms with Crippen LogP contribution in [0.3, 0.4) is 0 Å². The molecule has 0 atom stereocenters. The highest BCUT2D eigenvalue weighted by Crippen LogP contribution is 2.04. The van der Waals surface area contributed by atoms with E-state index in [4.69, 9.17) is 0 Å². The topological polar surface area (TPSA) is 17.1 Å². The maximum atomic E-state index is 11.6. The van der Waals surface area contributed by atoms with Gasteiger partial charge < -0.3 is 0 Å². The highest BCUT2D eigenvalue weighted by Gasteiger charge is 1.97. The molecule has 92 valence electrons. The van der Waals surface area contributed by atoms with Crippen molar-refractivity contribution in [2.45, 2.75) is 45.4 Å². The van der Waals surface area contributed by atoms with E-state index in [9.17, 15) is 4.79 Å². The quantitative estimate of drug-likeness (QED) is 0.480. The van der Waals surface area contributed by atoms with Crippen LogP contribution in [0.4, 0.5) is 0 Å². The van der Waals surface area contributed by atoms with Gasteiger partial charge in [0.05, 0.1) is 0 Å². The maximum absolute atomic E-state index is 11.6. The third-order valence-electron chi connectivity index (χ3n) is 2.78. The van der Waals surface area contributed by atoms with Gasteiger partial charge in [-0.15, -0.1) is 0 Å². The molecule has 1 rings (SSSR count). The second kappa shape index (κ2) is 8.74. The number of rotatable bonds is 8. The molecular weight excluding hydrogens is 208 g/mol. The summed E-state index contributed by atoms with van der Waals surface area (Å²) < 4.78 is 0. The van der Waals surface area contributed by atoms with E-state index in [1.165, 1.54) is 24.8 Å². The summed E-state index contributed by atoms with van der Waals surface area (Å²) in [7, 11) is 0. The van der Waals surface area contributed by atoms with E-state index < -0.39 is 0 Å². The van der Waals surface area contributed by atoms with Crippen molar-refractivity contribution < 1.29 is 4.79 Å². The van der Waals surface area contributed by atoms with Crippen molar-refractivity contribution in [1.29, 1.82) is 0 Å². The van der Waals surface area contributed by atoms with Crippen LogP contribution in [-0.4, -0.2) is 5.78 Å². The molecule has 17 heavy (non-hydrogen) atoms. The maximum Gasteiger partial charge on any atom is 0.155 e. The number of carbonyl (C=O) groups excluding carboxylic acids is 1. The van der Waals surface area contributed by atoms with Crippen LogP contribution in [0.5, 0.6) is 0 Å². The van der Waals surface area contributed by atoms with Crippen LogP contribution in [0.1, 0.15) is 44.6 Å². The zero-order chi connectivity index (χ0) is 12.3. The van der Waals surface area contributed by atoms with Gasteiger partial charge in [0.15, 0.2) is 5.78 Å². The summed E-state index contributed by atoms with van der Waals surface area (Å²) in [4.78, 5) is 11.6. The smallest absolute Gasteiger partial charge is 0.155 e. The third kappa shape index (κ3) is 6.72. The van der Waals surface area contributed by atoms with Gasteiger partial charge in [-0.3, -0.25) is 4.79 Å². The Kier molecular flexibility index (Phi) is 7.04. The molecule has 0 aliphatic carbocycles. The molecule has 1 heteroatoms. The fourth-order valence-corrected chi connectivity index (χ4v) is 1.72. The van der Waals surface area contributed by atoms with Gasteiger partial charge >= 0.3 is 0 Å². The number of unbranched alkanes of at least 4 members (excludes halogenated alkanes) is 3. The molecule has 0 saturated carbocycles. The highest BCUT2D eigenvalue weighted by molar-refractivity contribution is 5.89. The summed E-state index contributed by atoms with van der Waals surface area (Å²) in [5, 5.41) is 0. The molecule has 0 bridgehead atoms. The number of carbonyl (C=O) groups is 1. The Morgan fingerprint density at radius 1 is 1.18 bits per heavy atom. The van der Waals surface area contributed by atoms with Gasteiger partial charge in [0.2, 0.25) is 0 Å². The van der Waals surface area contributed by atoms with Crippen molar-refractivity contribution in [2.24, 2.45) is 0 Å². The van der Waals surface area contributed by atoms with Crippen LogP contribution >= 0.6 is 0 Å². The first-order chi connectivity index (χ1) is 8.33.